The first-order chi connectivity index (χ1) is 8.99. The summed E-state index contributed by atoms with van der Waals surface area (Å²) in [5, 5.41) is 3.26. The summed E-state index contributed by atoms with van der Waals surface area (Å²) in [6, 6.07) is 0. The fourth-order valence-corrected chi connectivity index (χ4v) is 3.11. The van der Waals surface area contributed by atoms with Crippen molar-refractivity contribution in [3.8, 4) is 0 Å². The lowest BCUT2D eigenvalue weighted by Gasteiger charge is -2.26. The highest BCUT2D eigenvalue weighted by Crippen LogP contribution is 2.55. The molecule has 19 heavy (non-hydrogen) atoms. The van der Waals surface area contributed by atoms with E-state index < -0.39 is 6.95 Å². The van der Waals surface area contributed by atoms with Crippen molar-refractivity contribution >= 4 is 18.2 Å². The summed E-state index contributed by atoms with van der Waals surface area (Å²) in [7, 11) is 0. The quantitative estimate of drug-likeness (QED) is 0.393. The minimum atomic E-state index is -3.60. The van der Waals surface area contributed by atoms with Gasteiger partial charge in [0.05, 0.1) is 0 Å². The normalized spacial score (nSPS) is 12.6. The lowest BCUT2D eigenvalue weighted by molar-refractivity contribution is -0.117. The molecular weight excluding hydrogens is 287 g/mol. The van der Waals surface area contributed by atoms with E-state index in [1.807, 2.05) is 27.7 Å². The van der Waals surface area contributed by atoms with Gasteiger partial charge in [-0.05, 0) is 25.7 Å². The van der Waals surface area contributed by atoms with Gasteiger partial charge in [0.25, 0.3) is 0 Å². The Balaban J connectivity index is 4.42. The van der Waals surface area contributed by atoms with Gasteiger partial charge >= 0.3 is 6.95 Å². The molecule has 0 aliphatic carbocycles. The van der Waals surface area contributed by atoms with Crippen molar-refractivity contribution in [1.29, 1.82) is 0 Å². The van der Waals surface area contributed by atoms with Crippen LogP contribution in [0, 0.1) is 0 Å². The van der Waals surface area contributed by atoms with Gasteiger partial charge in [0.1, 0.15) is 0 Å². The highest BCUT2D eigenvalue weighted by atomic mass is 35.7. The highest BCUT2D eigenvalue weighted by molar-refractivity contribution is 7.81. The molecule has 0 atom stereocenters. The lowest BCUT2D eigenvalue weighted by Crippen LogP contribution is -2.28. The second-order valence-corrected chi connectivity index (χ2v) is 6.88. The molecule has 0 radical (unpaired) electrons. The van der Waals surface area contributed by atoms with Gasteiger partial charge in [0.15, 0.2) is 0 Å². The van der Waals surface area contributed by atoms with Crippen LogP contribution in [0.2, 0.25) is 0 Å². The van der Waals surface area contributed by atoms with Crippen LogP contribution in [0.5, 0.6) is 0 Å². The van der Waals surface area contributed by atoms with Gasteiger partial charge < -0.3 is 0 Å². The average molecular weight is 315 g/mol. The Morgan fingerprint density at radius 2 is 1.05 bits per heavy atom. The number of hydrogen-bond acceptors (Lipinski definition) is 5. The summed E-state index contributed by atoms with van der Waals surface area (Å²) < 4.78 is 22.8. The molecule has 0 aromatic rings. The van der Waals surface area contributed by atoms with Crippen LogP contribution < -0.4 is 0 Å². The minimum Gasteiger partial charge on any atom is -0.238 e. The van der Waals surface area contributed by atoms with Crippen molar-refractivity contribution in [3.05, 3.63) is 0 Å². The van der Waals surface area contributed by atoms with Crippen LogP contribution in [0.15, 0.2) is 0 Å². The monoisotopic (exact) mass is 314 g/mol. The van der Waals surface area contributed by atoms with E-state index in [-0.39, 0.29) is 0 Å². The molecular formula is C12H28ClN2O3P. The van der Waals surface area contributed by atoms with Crippen LogP contribution in [0.4, 0.5) is 0 Å². The summed E-state index contributed by atoms with van der Waals surface area (Å²) >= 11 is 5.90. The molecule has 0 bridgehead atoms. The fraction of sp³-hybridized carbons (Fsp3) is 1.00. The van der Waals surface area contributed by atoms with Gasteiger partial charge in [-0.2, -0.15) is 10.1 Å². The van der Waals surface area contributed by atoms with Gasteiger partial charge in [-0.25, -0.2) is 13.8 Å². The number of hydrogen-bond donors (Lipinski definition) is 0. The highest BCUT2D eigenvalue weighted by Gasteiger charge is 2.28. The number of rotatable bonds is 12. The van der Waals surface area contributed by atoms with E-state index in [1.54, 1.807) is 10.1 Å². The van der Waals surface area contributed by atoms with Crippen LogP contribution in [-0.2, 0) is 13.8 Å². The third-order valence-electron chi connectivity index (χ3n) is 2.32. The maximum absolute atomic E-state index is 12.2. The molecule has 116 valence electrons. The standard InChI is InChI=1S/C12H28ClN2O3P/c1-5-9-14(10-6-2)17-19(13,16)18-15(11-7-3)12-8-4/h5-12H2,1-4H3. The summed E-state index contributed by atoms with van der Waals surface area (Å²) in [6.07, 6.45) is 3.63. The van der Waals surface area contributed by atoms with Gasteiger partial charge in [0, 0.05) is 37.4 Å². The smallest absolute Gasteiger partial charge is 0.238 e. The third kappa shape index (κ3) is 9.83. The van der Waals surface area contributed by atoms with E-state index in [0.29, 0.717) is 26.2 Å². The van der Waals surface area contributed by atoms with E-state index in [2.05, 4.69) is 0 Å². The topological polar surface area (TPSA) is 42.0 Å². The van der Waals surface area contributed by atoms with Crippen LogP contribution in [-0.4, -0.2) is 36.3 Å². The average Bonchev–Trinajstić information content (AvgIpc) is 2.29. The zero-order valence-electron chi connectivity index (χ0n) is 12.6. The van der Waals surface area contributed by atoms with E-state index in [0.717, 1.165) is 25.7 Å². The van der Waals surface area contributed by atoms with Crippen molar-refractivity contribution in [2.45, 2.75) is 53.4 Å². The summed E-state index contributed by atoms with van der Waals surface area (Å²) in [5.41, 5.74) is 0. The van der Waals surface area contributed by atoms with Crippen LogP contribution in [0.25, 0.3) is 0 Å². The summed E-state index contributed by atoms with van der Waals surface area (Å²) in [6.45, 7) is 7.30. The zero-order valence-corrected chi connectivity index (χ0v) is 14.3. The molecule has 0 heterocycles. The van der Waals surface area contributed by atoms with Crippen molar-refractivity contribution in [3.63, 3.8) is 0 Å². The Morgan fingerprint density at radius 1 is 0.789 bits per heavy atom. The van der Waals surface area contributed by atoms with E-state index in [4.69, 9.17) is 20.5 Å². The number of hydroxylamine groups is 4. The molecule has 0 saturated heterocycles. The van der Waals surface area contributed by atoms with E-state index >= 15 is 0 Å². The Morgan fingerprint density at radius 3 is 1.26 bits per heavy atom. The van der Waals surface area contributed by atoms with Crippen molar-refractivity contribution < 1.29 is 13.8 Å². The SMILES string of the molecule is CCCN(CCC)OP(=O)(Cl)ON(CCC)CCC. The van der Waals surface area contributed by atoms with Gasteiger partial charge in [-0.3, -0.25) is 0 Å². The summed E-state index contributed by atoms with van der Waals surface area (Å²) in [5.74, 6) is 0. The number of nitrogens with zero attached hydrogens (tertiary/aromatic N) is 2. The Hall–Kier alpha value is 0.360. The van der Waals surface area contributed by atoms with Gasteiger partial charge in [0.2, 0.25) is 0 Å². The van der Waals surface area contributed by atoms with E-state index in [9.17, 15) is 4.57 Å². The molecule has 0 N–H and O–H groups in total. The molecule has 0 fully saturated rings. The largest absolute Gasteiger partial charge is 0.457 e. The molecule has 5 nitrogen and oxygen atoms in total. The molecule has 0 unspecified atom stereocenters. The summed E-state index contributed by atoms with van der Waals surface area (Å²) in [4.78, 5) is 0. The molecule has 7 heteroatoms. The van der Waals surface area contributed by atoms with E-state index in [1.165, 1.54) is 0 Å². The first kappa shape index (κ1) is 19.4. The van der Waals surface area contributed by atoms with Gasteiger partial charge in [-0.1, -0.05) is 27.7 Å². The molecule has 0 aliphatic heterocycles. The number of halogens is 1. The van der Waals surface area contributed by atoms with Gasteiger partial charge in [-0.15, -0.1) is 0 Å². The van der Waals surface area contributed by atoms with Crippen LogP contribution in [0.3, 0.4) is 0 Å². The fourth-order valence-electron chi connectivity index (χ4n) is 1.68. The predicted octanol–water partition coefficient (Wildman–Crippen LogP) is 4.44. The molecule has 0 amide bonds. The molecule has 0 spiro atoms. The van der Waals surface area contributed by atoms with Crippen molar-refractivity contribution in [2.24, 2.45) is 0 Å². The third-order valence-corrected chi connectivity index (χ3v) is 3.54. The van der Waals surface area contributed by atoms with Crippen LogP contribution >= 0.6 is 18.2 Å². The maximum atomic E-state index is 12.2. The Bertz CT molecular complexity index is 235. The predicted molar refractivity (Wildman–Crippen MR) is 79.9 cm³/mol. The zero-order chi connectivity index (χ0) is 14.7. The molecule has 0 aliphatic rings. The first-order valence-electron chi connectivity index (χ1n) is 7.18. The maximum Gasteiger partial charge on any atom is 0.457 e. The Kier molecular flexibility index (Phi) is 11.3. The minimum absolute atomic E-state index is 0.690. The molecule has 0 aromatic carbocycles. The molecule has 0 rings (SSSR count). The van der Waals surface area contributed by atoms with Crippen LogP contribution in [0.1, 0.15) is 53.4 Å². The molecule has 0 saturated carbocycles. The Labute approximate surface area is 122 Å². The first-order valence-corrected chi connectivity index (χ1v) is 9.62. The second-order valence-electron chi connectivity index (χ2n) is 4.45. The second kappa shape index (κ2) is 11.1. The van der Waals surface area contributed by atoms with Crippen molar-refractivity contribution in [2.75, 3.05) is 26.2 Å². The molecule has 0 aromatic heterocycles. The lowest BCUT2D eigenvalue weighted by atomic mass is 10.4. The van der Waals surface area contributed by atoms with Crippen molar-refractivity contribution in [1.82, 2.24) is 10.1 Å².